The molecule has 0 N–H and O–H groups in total. The van der Waals surface area contributed by atoms with E-state index in [1.54, 1.807) is 0 Å². The smallest absolute Gasteiger partial charge is 0.213 e. The molecule has 0 fully saturated rings. The average Bonchev–Trinajstić information content (AvgIpc) is 2.14. The minimum absolute atomic E-state index is 0.188. The molecule has 90 valence electrons. The van der Waals surface area contributed by atoms with Gasteiger partial charge in [-0.1, -0.05) is 26.8 Å². The maximum absolute atomic E-state index is 5.50. The van der Waals surface area contributed by atoms with Crippen LogP contribution >= 0.6 is 0 Å². The zero-order chi connectivity index (χ0) is 12.2. The second-order valence-electron chi connectivity index (χ2n) is 5.73. The molecule has 0 saturated carbocycles. The van der Waals surface area contributed by atoms with E-state index in [1.165, 1.54) is 12.0 Å². The monoisotopic (exact) mass is 221 g/mol. The molecule has 2 heteroatoms. The number of hydrogen-bond acceptors (Lipinski definition) is 2. The van der Waals surface area contributed by atoms with Crippen LogP contribution in [0.5, 0.6) is 5.88 Å². The van der Waals surface area contributed by atoms with Crippen LogP contribution in [0.1, 0.15) is 46.6 Å². The number of hydrogen-bond donors (Lipinski definition) is 0. The summed E-state index contributed by atoms with van der Waals surface area (Å²) >= 11 is 0. The molecule has 0 aliphatic rings. The van der Waals surface area contributed by atoms with Crippen LogP contribution < -0.4 is 4.74 Å². The van der Waals surface area contributed by atoms with Crippen LogP contribution in [0.4, 0.5) is 0 Å². The molecule has 0 spiro atoms. The summed E-state index contributed by atoms with van der Waals surface area (Å²) in [4.78, 5) is 4.30. The van der Waals surface area contributed by atoms with Crippen LogP contribution in [0.25, 0.3) is 0 Å². The zero-order valence-corrected chi connectivity index (χ0v) is 11.1. The second-order valence-corrected chi connectivity index (χ2v) is 5.73. The third kappa shape index (κ3) is 5.15. The molecule has 0 aliphatic carbocycles. The molecule has 0 saturated heterocycles. The molecule has 1 rings (SSSR count). The summed E-state index contributed by atoms with van der Waals surface area (Å²) in [5.74, 6) is 0.717. The summed E-state index contributed by atoms with van der Waals surface area (Å²) in [5, 5.41) is 0. The van der Waals surface area contributed by atoms with Gasteiger partial charge in [-0.15, -0.1) is 0 Å². The highest BCUT2D eigenvalue weighted by molar-refractivity contribution is 5.18. The fourth-order valence-electron chi connectivity index (χ4n) is 1.39. The van der Waals surface area contributed by atoms with Crippen molar-refractivity contribution in [3.05, 3.63) is 23.9 Å². The topological polar surface area (TPSA) is 22.1 Å². The average molecular weight is 221 g/mol. The quantitative estimate of drug-likeness (QED) is 0.770. The first-order chi connectivity index (χ1) is 7.37. The van der Waals surface area contributed by atoms with E-state index >= 15 is 0 Å². The molecule has 0 amide bonds. The van der Waals surface area contributed by atoms with Crippen molar-refractivity contribution < 1.29 is 4.74 Å². The molecule has 2 nitrogen and oxygen atoms in total. The molecule has 0 aliphatic heterocycles. The van der Waals surface area contributed by atoms with E-state index in [9.17, 15) is 0 Å². The lowest BCUT2D eigenvalue weighted by atomic mass is 9.89. The lowest BCUT2D eigenvalue weighted by Gasteiger charge is -2.17. The maximum atomic E-state index is 5.50. The molecule has 1 aromatic heterocycles. The van der Waals surface area contributed by atoms with Crippen LogP contribution in [-0.2, 0) is 6.42 Å². The van der Waals surface area contributed by atoms with E-state index in [-0.39, 0.29) is 6.10 Å². The first-order valence-corrected chi connectivity index (χ1v) is 5.98. The number of ether oxygens (including phenoxy) is 1. The molecule has 0 unspecified atom stereocenters. The lowest BCUT2D eigenvalue weighted by Crippen LogP contribution is -2.08. The predicted molar refractivity (Wildman–Crippen MR) is 67.8 cm³/mol. The lowest BCUT2D eigenvalue weighted by molar-refractivity contribution is 0.232. The largest absolute Gasteiger partial charge is 0.475 e. The van der Waals surface area contributed by atoms with Gasteiger partial charge < -0.3 is 4.74 Å². The summed E-state index contributed by atoms with van der Waals surface area (Å²) < 4.78 is 5.50. The highest BCUT2D eigenvalue weighted by Gasteiger charge is 2.10. The van der Waals surface area contributed by atoms with Gasteiger partial charge in [0.1, 0.15) is 0 Å². The van der Waals surface area contributed by atoms with Crippen molar-refractivity contribution in [3.8, 4) is 5.88 Å². The highest BCUT2D eigenvalue weighted by atomic mass is 16.5. The number of pyridine rings is 1. The fourth-order valence-corrected chi connectivity index (χ4v) is 1.39. The third-order valence-electron chi connectivity index (χ3n) is 2.32. The number of aryl methyl sites for hydroxylation is 1. The number of aromatic nitrogens is 1. The summed E-state index contributed by atoms with van der Waals surface area (Å²) in [7, 11) is 0. The highest BCUT2D eigenvalue weighted by Crippen LogP contribution is 2.21. The van der Waals surface area contributed by atoms with Crippen molar-refractivity contribution in [1.82, 2.24) is 4.98 Å². The molecule has 0 radical (unpaired) electrons. The summed E-state index contributed by atoms with van der Waals surface area (Å²) in [6.07, 6.45) is 4.37. The Kier molecular flexibility index (Phi) is 4.34. The van der Waals surface area contributed by atoms with Crippen molar-refractivity contribution in [2.75, 3.05) is 0 Å². The van der Waals surface area contributed by atoms with E-state index in [2.05, 4.69) is 31.8 Å². The molecule has 0 atom stereocenters. The molecule has 1 heterocycles. The minimum atomic E-state index is 0.188. The number of rotatable bonds is 4. The van der Waals surface area contributed by atoms with Gasteiger partial charge in [-0.3, -0.25) is 0 Å². The van der Waals surface area contributed by atoms with E-state index < -0.39 is 0 Å². The van der Waals surface area contributed by atoms with Gasteiger partial charge in [0, 0.05) is 12.3 Å². The van der Waals surface area contributed by atoms with Crippen LogP contribution in [-0.4, -0.2) is 11.1 Å². The van der Waals surface area contributed by atoms with Crippen molar-refractivity contribution >= 4 is 0 Å². The number of nitrogens with zero attached hydrogens (tertiary/aromatic N) is 1. The SMILES string of the molecule is CC(C)Oc1ccc(CCC(C)(C)C)cn1. The van der Waals surface area contributed by atoms with Crippen molar-refractivity contribution in [3.63, 3.8) is 0 Å². The van der Waals surface area contributed by atoms with Crippen molar-refractivity contribution in [1.29, 1.82) is 0 Å². The summed E-state index contributed by atoms with van der Waals surface area (Å²) in [6, 6.07) is 4.06. The Hall–Kier alpha value is -1.05. The van der Waals surface area contributed by atoms with Crippen LogP contribution in [0.15, 0.2) is 18.3 Å². The first-order valence-electron chi connectivity index (χ1n) is 5.98. The standard InChI is InChI=1S/C14H23NO/c1-11(2)16-13-7-6-12(10-15-13)8-9-14(3,4)5/h6-7,10-11H,8-9H2,1-5H3. The zero-order valence-electron chi connectivity index (χ0n) is 11.1. The molecule has 1 aromatic rings. The third-order valence-corrected chi connectivity index (χ3v) is 2.32. The van der Waals surface area contributed by atoms with Gasteiger partial charge in [0.05, 0.1) is 6.10 Å². The molecular weight excluding hydrogens is 198 g/mol. The Morgan fingerprint density at radius 1 is 1.25 bits per heavy atom. The van der Waals surface area contributed by atoms with Gasteiger partial charge >= 0.3 is 0 Å². The van der Waals surface area contributed by atoms with Crippen LogP contribution in [0.3, 0.4) is 0 Å². The molecule has 0 aromatic carbocycles. The fraction of sp³-hybridized carbons (Fsp3) is 0.643. The predicted octanol–water partition coefficient (Wildman–Crippen LogP) is 3.85. The van der Waals surface area contributed by atoms with Gasteiger partial charge in [0.15, 0.2) is 0 Å². The second kappa shape index (κ2) is 5.33. The van der Waals surface area contributed by atoms with E-state index in [4.69, 9.17) is 4.74 Å². The Labute approximate surface area is 99.0 Å². The van der Waals surface area contributed by atoms with Crippen LogP contribution in [0, 0.1) is 5.41 Å². The molecular formula is C14H23NO. The first kappa shape index (κ1) is 13.0. The minimum Gasteiger partial charge on any atom is -0.475 e. The normalized spacial score (nSPS) is 11.9. The Bertz CT molecular complexity index is 309. The summed E-state index contributed by atoms with van der Waals surface area (Å²) in [5.41, 5.74) is 1.67. The maximum Gasteiger partial charge on any atom is 0.213 e. The Morgan fingerprint density at radius 2 is 1.94 bits per heavy atom. The summed E-state index contributed by atoms with van der Waals surface area (Å²) in [6.45, 7) is 10.8. The van der Waals surface area contributed by atoms with Gasteiger partial charge in [-0.2, -0.15) is 0 Å². The van der Waals surface area contributed by atoms with Crippen LogP contribution in [0.2, 0.25) is 0 Å². The van der Waals surface area contributed by atoms with Crippen molar-refractivity contribution in [2.45, 2.75) is 53.6 Å². The molecule has 0 bridgehead atoms. The van der Waals surface area contributed by atoms with Gasteiger partial charge in [-0.05, 0) is 37.7 Å². The van der Waals surface area contributed by atoms with E-state index in [0.29, 0.717) is 5.41 Å². The Balaban J connectivity index is 2.51. The van der Waals surface area contributed by atoms with Gasteiger partial charge in [0.25, 0.3) is 0 Å². The van der Waals surface area contributed by atoms with E-state index in [1.807, 2.05) is 26.1 Å². The Morgan fingerprint density at radius 3 is 2.38 bits per heavy atom. The molecule has 16 heavy (non-hydrogen) atoms. The van der Waals surface area contributed by atoms with Gasteiger partial charge in [0.2, 0.25) is 5.88 Å². The van der Waals surface area contributed by atoms with Crippen molar-refractivity contribution in [2.24, 2.45) is 5.41 Å². The van der Waals surface area contributed by atoms with E-state index in [0.717, 1.165) is 12.3 Å². The van der Waals surface area contributed by atoms with Gasteiger partial charge in [-0.25, -0.2) is 4.98 Å².